The number of allylic oxidation sites excluding steroid dienone is 2. The van der Waals surface area contributed by atoms with Crippen molar-refractivity contribution in [3.63, 3.8) is 0 Å². The van der Waals surface area contributed by atoms with Gasteiger partial charge in [0.15, 0.2) is 17.2 Å². The maximum Gasteiger partial charge on any atom is 0.180 e. The number of nitrogens with zero attached hydrogens (tertiary/aromatic N) is 4. The Hall–Kier alpha value is -2.37. The van der Waals surface area contributed by atoms with Gasteiger partial charge in [0, 0.05) is 5.92 Å². The minimum Gasteiger partial charge on any atom is -0.394 e. The van der Waals surface area contributed by atoms with Crippen molar-refractivity contribution in [3.8, 4) is 0 Å². The van der Waals surface area contributed by atoms with Crippen molar-refractivity contribution < 1.29 is 20.1 Å². The molecule has 1 saturated heterocycles. The van der Waals surface area contributed by atoms with Crippen LogP contribution in [0.5, 0.6) is 0 Å². The summed E-state index contributed by atoms with van der Waals surface area (Å²) >= 11 is 1.61. The Morgan fingerprint density at radius 2 is 2.07 bits per heavy atom. The molecule has 1 fully saturated rings. The lowest BCUT2D eigenvalue weighted by Gasteiger charge is -2.45. The largest absolute Gasteiger partial charge is 0.394 e. The first-order valence-corrected chi connectivity index (χ1v) is 10.8. The molecular formula is C20H23N5O4S. The number of imidazole rings is 1. The molecule has 0 radical (unpaired) electrons. The average molecular weight is 430 g/mol. The van der Waals surface area contributed by atoms with E-state index in [0.29, 0.717) is 17.6 Å². The first-order chi connectivity index (χ1) is 14.6. The lowest BCUT2D eigenvalue weighted by atomic mass is 9.71. The zero-order valence-electron chi connectivity index (χ0n) is 16.1. The van der Waals surface area contributed by atoms with Crippen molar-refractivity contribution in [2.75, 3.05) is 12.3 Å². The van der Waals surface area contributed by atoms with Gasteiger partial charge in [0.2, 0.25) is 0 Å². The van der Waals surface area contributed by atoms with E-state index in [-0.39, 0.29) is 17.7 Å². The highest BCUT2D eigenvalue weighted by Gasteiger charge is 2.61. The van der Waals surface area contributed by atoms with E-state index >= 15 is 0 Å². The Labute approximate surface area is 176 Å². The molecule has 0 unspecified atom stereocenters. The lowest BCUT2D eigenvalue weighted by Crippen LogP contribution is -2.53. The zero-order valence-corrected chi connectivity index (χ0v) is 16.9. The van der Waals surface area contributed by atoms with Crippen LogP contribution in [0.2, 0.25) is 0 Å². The SMILES string of the molecule is Nc1ncnc2c1ncn2[C@]1([C@H]2CC=CC[C@@H]2c2ccsc2)O[C@H](CO)[C@@H](O)[C@H]1O. The summed E-state index contributed by atoms with van der Waals surface area (Å²) in [5.74, 6) is 0.0163. The maximum atomic E-state index is 11.3. The Morgan fingerprint density at radius 3 is 2.80 bits per heavy atom. The molecule has 0 saturated carbocycles. The molecule has 1 aliphatic carbocycles. The molecule has 2 aliphatic rings. The summed E-state index contributed by atoms with van der Waals surface area (Å²) in [7, 11) is 0. The minimum atomic E-state index is -1.39. The van der Waals surface area contributed by atoms with Crippen LogP contribution >= 0.6 is 11.3 Å². The van der Waals surface area contributed by atoms with Crippen LogP contribution in [0.3, 0.4) is 0 Å². The number of aliphatic hydroxyl groups excluding tert-OH is 3. The quantitative estimate of drug-likeness (QED) is 0.450. The van der Waals surface area contributed by atoms with Gasteiger partial charge in [-0.25, -0.2) is 15.0 Å². The number of rotatable bonds is 4. The van der Waals surface area contributed by atoms with Crippen LogP contribution in [-0.4, -0.2) is 59.8 Å². The molecular weight excluding hydrogens is 406 g/mol. The molecule has 4 heterocycles. The summed E-state index contributed by atoms with van der Waals surface area (Å²) in [5.41, 5.74) is 6.54. The molecule has 6 atom stereocenters. The van der Waals surface area contributed by atoms with Crippen molar-refractivity contribution in [2.45, 2.75) is 42.8 Å². The third-order valence-corrected chi connectivity index (χ3v) is 7.02. The molecule has 5 rings (SSSR count). The van der Waals surface area contributed by atoms with E-state index in [1.165, 1.54) is 12.7 Å². The second kappa shape index (κ2) is 7.40. The molecule has 5 N–H and O–H groups in total. The fraction of sp³-hybridized carbons (Fsp3) is 0.450. The number of nitrogen functional groups attached to an aromatic ring is 1. The monoisotopic (exact) mass is 429 g/mol. The predicted octanol–water partition coefficient (Wildman–Crippen LogP) is 0.986. The number of aromatic nitrogens is 4. The lowest BCUT2D eigenvalue weighted by molar-refractivity contribution is -0.187. The fourth-order valence-corrected chi connectivity index (χ4v) is 5.62. The summed E-state index contributed by atoms with van der Waals surface area (Å²) in [6.45, 7) is -0.421. The van der Waals surface area contributed by atoms with Crippen molar-refractivity contribution >= 4 is 28.3 Å². The molecule has 30 heavy (non-hydrogen) atoms. The number of thiophene rings is 1. The van der Waals surface area contributed by atoms with Gasteiger partial charge in [-0.05, 0) is 41.1 Å². The Kier molecular flexibility index (Phi) is 4.83. The Balaban J connectivity index is 1.73. The second-order valence-electron chi connectivity index (χ2n) is 7.78. The number of fused-ring (bicyclic) bond motifs is 1. The van der Waals surface area contributed by atoms with Crippen LogP contribution in [-0.2, 0) is 10.5 Å². The summed E-state index contributed by atoms with van der Waals surface area (Å²) in [4.78, 5) is 12.7. The summed E-state index contributed by atoms with van der Waals surface area (Å²) in [5, 5.41) is 36.0. The van der Waals surface area contributed by atoms with E-state index in [1.807, 2.05) is 5.38 Å². The van der Waals surface area contributed by atoms with E-state index in [4.69, 9.17) is 10.5 Å². The third kappa shape index (κ3) is 2.72. The molecule has 0 amide bonds. The molecule has 10 heteroatoms. The standard InChI is InChI=1S/C20H23N5O4S/c21-18-15-19(23-9-22-18)25(10-24-15)20(17(28)16(27)14(7-26)29-20)13-4-2-1-3-12(13)11-5-6-30-8-11/h1-2,5-6,8-10,12-14,16-17,26-28H,3-4,7H2,(H2,21,22,23)/t12-,13+,14-,16-,17-,20-/m1/s1. The Morgan fingerprint density at radius 1 is 1.23 bits per heavy atom. The summed E-state index contributed by atoms with van der Waals surface area (Å²) in [6, 6.07) is 2.07. The number of hydrogen-bond donors (Lipinski definition) is 4. The molecule has 3 aromatic rings. The van der Waals surface area contributed by atoms with Crippen molar-refractivity contribution in [1.29, 1.82) is 0 Å². The molecule has 158 valence electrons. The first-order valence-electron chi connectivity index (χ1n) is 9.83. The summed E-state index contributed by atoms with van der Waals surface area (Å²) < 4.78 is 7.98. The van der Waals surface area contributed by atoms with Crippen LogP contribution in [0.4, 0.5) is 5.82 Å². The highest BCUT2D eigenvalue weighted by Crippen LogP contribution is 2.52. The topological polar surface area (TPSA) is 140 Å². The fourth-order valence-electron chi connectivity index (χ4n) is 4.89. The molecule has 3 aromatic heterocycles. The van der Waals surface area contributed by atoms with Crippen LogP contribution in [0.15, 0.2) is 41.6 Å². The second-order valence-corrected chi connectivity index (χ2v) is 8.56. The summed E-state index contributed by atoms with van der Waals surface area (Å²) in [6.07, 6.45) is 4.92. The van der Waals surface area contributed by atoms with E-state index in [2.05, 4.69) is 38.6 Å². The van der Waals surface area contributed by atoms with Gasteiger partial charge >= 0.3 is 0 Å². The van der Waals surface area contributed by atoms with E-state index in [0.717, 1.165) is 12.0 Å². The highest BCUT2D eigenvalue weighted by atomic mass is 32.1. The van der Waals surface area contributed by atoms with Gasteiger partial charge in [-0.2, -0.15) is 11.3 Å². The predicted molar refractivity (Wildman–Crippen MR) is 111 cm³/mol. The van der Waals surface area contributed by atoms with Gasteiger partial charge in [-0.1, -0.05) is 12.2 Å². The van der Waals surface area contributed by atoms with Crippen LogP contribution in [0, 0.1) is 5.92 Å². The maximum absolute atomic E-state index is 11.3. The number of hydrogen-bond acceptors (Lipinski definition) is 9. The molecule has 0 bridgehead atoms. The van der Waals surface area contributed by atoms with Crippen molar-refractivity contribution in [2.24, 2.45) is 5.92 Å². The zero-order chi connectivity index (χ0) is 20.9. The molecule has 1 aliphatic heterocycles. The van der Waals surface area contributed by atoms with Crippen LogP contribution < -0.4 is 5.73 Å². The van der Waals surface area contributed by atoms with E-state index in [1.54, 1.807) is 15.9 Å². The number of ether oxygens (including phenoxy) is 1. The first kappa shape index (κ1) is 19.6. The van der Waals surface area contributed by atoms with Gasteiger partial charge in [0.05, 0.1) is 12.9 Å². The smallest absolute Gasteiger partial charge is 0.180 e. The van der Waals surface area contributed by atoms with Crippen LogP contribution in [0.25, 0.3) is 11.2 Å². The van der Waals surface area contributed by atoms with Gasteiger partial charge < -0.3 is 25.8 Å². The minimum absolute atomic E-state index is 0.0391. The number of nitrogens with two attached hydrogens (primary N) is 1. The van der Waals surface area contributed by atoms with Crippen LogP contribution in [0.1, 0.15) is 24.3 Å². The van der Waals surface area contributed by atoms with Crippen molar-refractivity contribution in [3.05, 3.63) is 47.2 Å². The van der Waals surface area contributed by atoms with Gasteiger partial charge in [-0.3, -0.25) is 4.57 Å². The van der Waals surface area contributed by atoms with Gasteiger partial charge in [-0.15, -0.1) is 0 Å². The van der Waals surface area contributed by atoms with Gasteiger partial charge in [0.1, 0.15) is 30.2 Å². The molecule has 9 nitrogen and oxygen atoms in total. The number of aliphatic hydroxyl groups is 3. The van der Waals surface area contributed by atoms with Crippen molar-refractivity contribution in [1.82, 2.24) is 19.5 Å². The van der Waals surface area contributed by atoms with Gasteiger partial charge in [0.25, 0.3) is 0 Å². The molecule has 0 aromatic carbocycles. The average Bonchev–Trinajstić information content (AvgIpc) is 3.49. The third-order valence-electron chi connectivity index (χ3n) is 6.32. The van der Waals surface area contributed by atoms with E-state index < -0.39 is 30.6 Å². The number of anilines is 1. The Bertz CT molecular complexity index is 1070. The molecule has 0 spiro atoms. The normalized spacial score (nSPS) is 34.0. The van der Waals surface area contributed by atoms with E-state index in [9.17, 15) is 15.3 Å². The highest BCUT2D eigenvalue weighted by molar-refractivity contribution is 7.08.